The highest BCUT2D eigenvalue weighted by atomic mass is 35.5. The first-order valence-corrected chi connectivity index (χ1v) is 14.0. The van der Waals surface area contributed by atoms with E-state index in [9.17, 15) is 19.5 Å². The Kier molecular flexibility index (Phi) is 8.05. The molecule has 0 unspecified atom stereocenters. The lowest BCUT2D eigenvalue weighted by Gasteiger charge is -2.47. The molecule has 1 atom stereocenters. The second kappa shape index (κ2) is 10.9. The van der Waals surface area contributed by atoms with Crippen LogP contribution < -0.4 is 0 Å². The summed E-state index contributed by atoms with van der Waals surface area (Å²) in [7, 11) is 0. The van der Waals surface area contributed by atoms with Gasteiger partial charge in [-0.1, -0.05) is 58.4 Å². The van der Waals surface area contributed by atoms with E-state index in [1.165, 1.54) is 0 Å². The Morgan fingerprint density at radius 1 is 1.10 bits per heavy atom. The number of carbonyl (C=O) groups is 3. The average molecular weight is 568 g/mol. The summed E-state index contributed by atoms with van der Waals surface area (Å²) in [6.07, 6.45) is -0.0577. The summed E-state index contributed by atoms with van der Waals surface area (Å²) in [6, 6.07) is 11.2. The van der Waals surface area contributed by atoms with Crippen LogP contribution in [0.2, 0.25) is 5.02 Å². The van der Waals surface area contributed by atoms with Crippen LogP contribution in [0.4, 0.5) is 0 Å². The van der Waals surface area contributed by atoms with Crippen molar-refractivity contribution in [3.8, 4) is 11.3 Å². The fourth-order valence-corrected chi connectivity index (χ4v) is 5.38. The van der Waals surface area contributed by atoms with Gasteiger partial charge >= 0.3 is 5.97 Å². The number of aromatic nitrogens is 1. The Morgan fingerprint density at radius 2 is 1.75 bits per heavy atom. The number of carbonyl (C=O) groups excluding carboxylic acids is 2. The quantitative estimate of drug-likeness (QED) is 0.377. The molecule has 2 aromatic heterocycles. The molecule has 1 fully saturated rings. The lowest BCUT2D eigenvalue weighted by molar-refractivity contribution is -0.148. The number of hydrogen-bond acceptors (Lipinski definition) is 5. The number of benzene rings is 1. The normalized spacial score (nSPS) is 16.4. The van der Waals surface area contributed by atoms with Crippen molar-refractivity contribution < 1.29 is 23.9 Å². The van der Waals surface area contributed by atoms with Gasteiger partial charge < -0.3 is 19.3 Å². The Labute approximate surface area is 240 Å². The number of halogens is 1. The standard InChI is InChI=1S/C31H38ClN3O5/c1-18(2)21(29(38)39)14-26(36)34-12-13-35(31(6,7)17-34)28(37)25-16-24-27(40-25)22(30(3,4)5)15-23(33-24)19-8-10-20(32)11-9-19/h8-11,15-16,18,21H,12-14,17H2,1-7H3,(H,38,39)/t21-/m1/s1. The number of nitrogens with zero attached hydrogens (tertiary/aromatic N) is 3. The molecule has 3 aromatic rings. The monoisotopic (exact) mass is 567 g/mol. The molecule has 0 spiro atoms. The number of fused-ring (bicyclic) bond motifs is 1. The van der Waals surface area contributed by atoms with Crippen molar-refractivity contribution in [2.45, 2.75) is 65.8 Å². The van der Waals surface area contributed by atoms with Gasteiger partial charge in [-0.25, -0.2) is 4.98 Å². The van der Waals surface area contributed by atoms with Crippen LogP contribution in [-0.4, -0.2) is 62.8 Å². The van der Waals surface area contributed by atoms with Crippen molar-refractivity contribution in [3.63, 3.8) is 0 Å². The van der Waals surface area contributed by atoms with E-state index >= 15 is 0 Å². The van der Waals surface area contributed by atoms with Gasteiger partial charge in [-0.2, -0.15) is 0 Å². The molecule has 1 aliphatic rings. The summed E-state index contributed by atoms with van der Waals surface area (Å²) in [4.78, 5) is 46.6. The second-order valence-corrected chi connectivity index (χ2v) is 13.1. The highest BCUT2D eigenvalue weighted by molar-refractivity contribution is 6.30. The third kappa shape index (κ3) is 6.02. The van der Waals surface area contributed by atoms with Crippen molar-refractivity contribution in [3.05, 3.63) is 52.7 Å². The number of hydrogen-bond donors (Lipinski definition) is 1. The zero-order valence-corrected chi connectivity index (χ0v) is 25.0. The molecule has 0 radical (unpaired) electrons. The van der Waals surface area contributed by atoms with E-state index in [-0.39, 0.29) is 35.3 Å². The summed E-state index contributed by atoms with van der Waals surface area (Å²) in [5.74, 6) is -2.15. The average Bonchev–Trinajstić information content (AvgIpc) is 3.29. The number of piperazine rings is 1. The van der Waals surface area contributed by atoms with Gasteiger partial charge in [0, 0.05) is 48.3 Å². The Morgan fingerprint density at radius 3 is 2.30 bits per heavy atom. The number of amides is 2. The van der Waals surface area contributed by atoms with Crippen LogP contribution in [0.1, 0.15) is 71.0 Å². The van der Waals surface area contributed by atoms with E-state index in [2.05, 4.69) is 20.8 Å². The third-order valence-corrected chi connectivity index (χ3v) is 7.91. The van der Waals surface area contributed by atoms with Crippen molar-refractivity contribution in [1.29, 1.82) is 0 Å². The summed E-state index contributed by atoms with van der Waals surface area (Å²) in [5.41, 5.74) is 2.84. The van der Waals surface area contributed by atoms with Gasteiger partial charge in [0.25, 0.3) is 5.91 Å². The highest BCUT2D eigenvalue weighted by Crippen LogP contribution is 2.36. The van der Waals surface area contributed by atoms with E-state index in [1.807, 2.05) is 44.2 Å². The molecule has 1 saturated heterocycles. The Bertz CT molecular complexity index is 1440. The van der Waals surface area contributed by atoms with Crippen molar-refractivity contribution in [1.82, 2.24) is 14.8 Å². The zero-order valence-electron chi connectivity index (χ0n) is 24.2. The van der Waals surface area contributed by atoms with Crippen LogP contribution in [0.25, 0.3) is 22.4 Å². The highest BCUT2D eigenvalue weighted by Gasteiger charge is 2.40. The predicted octanol–water partition coefficient (Wildman–Crippen LogP) is 6.26. The molecule has 1 aromatic carbocycles. The minimum atomic E-state index is -0.969. The first kappa shape index (κ1) is 29.6. The molecule has 8 nitrogen and oxygen atoms in total. The molecule has 4 rings (SSSR count). The molecule has 214 valence electrons. The Balaban J connectivity index is 1.61. The largest absolute Gasteiger partial charge is 0.481 e. The van der Waals surface area contributed by atoms with Crippen molar-refractivity contribution in [2.24, 2.45) is 11.8 Å². The molecule has 9 heteroatoms. The number of carboxylic acid groups (broad SMARTS) is 1. The third-order valence-electron chi connectivity index (χ3n) is 7.65. The minimum Gasteiger partial charge on any atom is -0.481 e. The van der Waals surface area contributed by atoms with Gasteiger partial charge in [0.2, 0.25) is 5.91 Å². The van der Waals surface area contributed by atoms with E-state index < -0.39 is 17.4 Å². The van der Waals surface area contributed by atoms with Crippen LogP contribution in [0, 0.1) is 11.8 Å². The van der Waals surface area contributed by atoms with Gasteiger partial charge in [0.1, 0.15) is 5.52 Å². The van der Waals surface area contributed by atoms with E-state index in [0.29, 0.717) is 35.8 Å². The molecule has 2 amide bonds. The van der Waals surface area contributed by atoms with Gasteiger partial charge in [0.15, 0.2) is 11.3 Å². The Hall–Kier alpha value is -3.39. The fraction of sp³-hybridized carbons (Fsp3) is 0.484. The number of pyridine rings is 1. The summed E-state index contributed by atoms with van der Waals surface area (Å²) in [5, 5.41) is 10.2. The van der Waals surface area contributed by atoms with Gasteiger partial charge in [-0.15, -0.1) is 0 Å². The van der Waals surface area contributed by atoms with Crippen LogP contribution >= 0.6 is 11.6 Å². The summed E-state index contributed by atoms with van der Waals surface area (Å²) >= 11 is 6.08. The molecule has 0 aliphatic carbocycles. The number of aliphatic carboxylic acids is 1. The number of rotatable bonds is 6. The van der Waals surface area contributed by atoms with Gasteiger partial charge in [-0.3, -0.25) is 14.4 Å². The maximum Gasteiger partial charge on any atom is 0.307 e. The fourth-order valence-electron chi connectivity index (χ4n) is 5.26. The molecule has 1 N–H and O–H groups in total. The summed E-state index contributed by atoms with van der Waals surface area (Å²) < 4.78 is 6.20. The molecule has 0 bridgehead atoms. The van der Waals surface area contributed by atoms with Crippen LogP contribution in [0.5, 0.6) is 0 Å². The zero-order chi connectivity index (χ0) is 29.6. The van der Waals surface area contributed by atoms with E-state index in [0.717, 1.165) is 16.8 Å². The van der Waals surface area contributed by atoms with Gasteiger partial charge in [0.05, 0.1) is 17.2 Å². The molecular weight excluding hydrogens is 530 g/mol. The predicted molar refractivity (Wildman–Crippen MR) is 155 cm³/mol. The lowest BCUT2D eigenvalue weighted by atomic mass is 9.86. The minimum absolute atomic E-state index is 0.0577. The molecule has 40 heavy (non-hydrogen) atoms. The maximum atomic E-state index is 13.8. The molecule has 3 heterocycles. The second-order valence-electron chi connectivity index (χ2n) is 12.6. The van der Waals surface area contributed by atoms with Crippen LogP contribution in [0.3, 0.4) is 0 Å². The topological polar surface area (TPSA) is 104 Å². The lowest BCUT2D eigenvalue weighted by Crippen LogP contribution is -2.62. The first-order valence-electron chi connectivity index (χ1n) is 13.6. The van der Waals surface area contributed by atoms with Crippen LogP contribution in [0.15, 0.2) is 40.8 Å². The van der Waals surface area contributed by atoms with Crippen LogP contribution in [-0.2, 0) is 15.0 Å². The number of carboxylic acids is 1. The van der Waals surface area contributed by atoms with Crippen molar-refractivity contribution >= 4 is 40.5 Å². The molecule has 1 aliphatic heterocycles. The van der Waals surface area contributed by atoms with E-state index in [1.54, 1.807) is 29.7 Å². The molecule has 0 saturated carbocycles. The first-order chi connectivity index (χ1) is 18.6. The smallest absolute Gasteiger partial charge is 0.307 e. The van der Waals surface area contributed by atoms with Gasteiger partial charge in [-0.05, 0) is 43.4 Å². The molecular formula is C31H38ClN3O5. The van der Waals surface area contributed by atoms with E-state index in [4.69, 9.17) is 21.0 Å². The SMILES string of the molecule is CC(C)[C@@H](CC(=O)N1CCN(C(=O)c2cc3nc(-c4ccc(Cl)cc4)cc(C(C)(C)C)c3o2)C(C)(C)C1)C(=O)O. The number of furan rings is 1. The van der Waals surface area contributed by atoms with Crippen molar-refractivity contribution in [2.75, 3.05) is 19.6 Å². The summed E-state index contributed by atoms with van der Waals surface area (Å²) in [6.45, 7) is 14.6. The maximum absolute atomic E-state index is 13.8.